The van der Waals surface area contributed by atoms with Crippen molar-refractivity contribution < 1.29 is 17.9 Å². The van der Waals surface area contributed by atoms with Crippen LogP contribution < -0.4 is 10.6 Å². The summed E-state index contributed by atoms with van der Waals surface area (Å²) in [7, 11) is -4.15. The van der Waals surface area contributed by atoms with Crippen LogP contribution in [0.15, 0.2) is 100 Å². The molecule has 0 atom stereocenters. The van der Waals surface area contributed by atoms with Gasteiger partial charge in [-0.2, -0.15) is 13.7 Å². The number of aromatic nitrogens is 1. The number of rotatable bonds is 6. The number of nitriles is 1. The third-order valence-corrected chi connectivity index (χ3v) is 7.26. The average molecular weight is 602 g/mol. The number of halogens is 1. The Morgan fingerprint density at radius 3 is 2.26 bits per heavy atom. The lowest BCUT2D eigenvalue weighted by molar-refractivity contribution is 0.0561. The molecule has 0 aliphatic rings. The third-order valence-electron chi connectivity index (χ3n) is 5.72. The average Bonchev–Trinajstić information content (AvgIpc) is 2.95. The molecule has 1 amide bonds. The molecule has 0 saturated carbocycles. The van der Waals surface area contributed by atoms with Crippen LogP contribution in [0.25, 0.3) is 22.4 Å². The SMILES string of the molecule is CC(C)(C)OC(=O)NC(=NS(=O)(=O)c1ccccc1)NCc1cnc(-c2ccc(C#N)cc2)c(-c2ccc(Cl)cc2)c1. The quantitative estimate of drug-likeness (QED) is 0.196. The van der Waals surface area contributed by atoms with Crippen molar-refractivity contribution in [2.24, 2.45) is 4.40 Å². The second kappa shape index (κ2) is 12.9. The Bertz CT molecular complexity index is 1740. The fourth-order valence-electron chi connectivity index (χ4n) is 3.84. The van der Waals surface area contributed by atoms with Gasteiger partial charge in [-0.3, -0.25) is 10.3 Å². The van der Waals surface area contributed by atoms with E-state index in [1.54, 1.807) is 69.4 Å². The first-order valence-corrected chi connectivity index (χ1v) is 14.6. The number of hydrogen-bond acceptors (Lipinski definition) is 6. The molecule has 0 radical (unpaired) electrons. The highest BCUT2D eigenvalue weighted by atomic mass is 35.5. The molecule has 0 saturated heterocycles. The Hall–Kier alpha value is -4.72. The fraction of sp³-hybridized carbons (Fsp3) is 0.161. The van der Waals surface area contributed by atoms with Crippen molar-refractivity contribution in [1.82, 2.24) is 15.6 Å². The number of nitrogens with one attached hydrogen (secondary N) is 2. The summed E-state index contributed by atoms with van der Waals surface area (Å²) in [5.41, 5.74) is 3.51. The number of nitrogens with zero attached hydrogens (tertiary/aromatic N) is 3. The van der Waals surface area contributed by atoms with Gasteiger partial charge in [0.25, 0.3) is 10.0 Å². The number of sulfonamides is 1. The van der Waals surface area contributed by atoms with Crippen LogP contribution in [0.4, 0.5) is 4.79 Å². The van der Waals surface area contributed by atoms with Gasteiger partial charge in [0.05, 0.1) is 22.2 Å². The van der Waals surface area contributed by atoms with Crippen LogP contribution in [-0.2, 0) is 21.3 Å². The molecule has 0 fully saturated rings. The van der Waals surface area contributed by atoms with Crippen LogP contribution in [-0.4, -0.2) is 31.1 Å². The number of amides is 1. The minimum atomic E-state index is -4.15. The highest BCUT2D eigenvalue weighted by Crippen LogP contribution is 2.32. The maximum Gasteiger partial charge on any atom is 0.414 e. The van der Waals surface area contributed by atoms with Gasteiger partial charge in [-0.25, -0.2) is 4.79 Å². The number of alkyl carbamates (subject to hydrolysis) is 1. The zero-order valence-electron chi connectivity index (χ0n) is 23.1. The van der Waals surface area contributed by atoms with Gasteiger partial charge in [0.15, 0.2) is 0 Å². The van der Waals surface area contributed by atoms with Crippen LogP contribution in [0, 0.1) is 11.3 Å². The zero-order valence-corrected chi connectivity index (χ0v) is 24.7. The Morgan fingerprint density at radius 1 is 1.00 bits per heavy atom. The smallest absolute Gasteiger partial charge is 0.414 e. The zero-order chi connectivity index (χ0) is 30.3. The van der Waals surface area contributed by atoms with Crippen LogP contribution in [0.3, 0.4) is 0 Å². The van der Waals surface area contributed by atoms with Crippen molar-refractivity contribution in [1.29, 1.82) is 5.26 Å². The molecular formula is C31H28ClN5O4S. The number of benzene rings is 3. The molecule has 0 bridgehead atoms. The van der Waals surface area contributed by atoms with Crippen LogP contribution in [0.1, 0.15) is 31.9 Å². The van der Waals surface area contributed by atoms with Gasteiger partial charge < -0.3 is 10.1 Å². The number of guanidine groups is 1. The summed E-state index contributed by atoms with van der Waals surface area (Å²) in [5, 5.41) is 15.1. The fourth-order valence-corrected chi connectivity index (χ4v) is 4.92. The second-order valence-corrected chi connectivity index (χ2v) is 12.2. The monoisotopic (exact) mass is 601 g/mol. The number of hydrogen-bond donors (Lipinski definition) is 2. The lowest BCUT2D eigenvalue weighted by Crippen LogP contribution is -2.43. The van der Waals surface area contributed by atoms with E-state index in [9.17, 15) is 18.5 Å². The van der Waals surface area contributed by atoms with Crippen molar-refractivity contribution >= 4 is 33.7 Å². The largest absolute Gasteiger partial charge is 0.444 e. The van der Waals surface area contributed by atoms with Gasteiger partial charge in [0.1, 0.15) is 5.60 Å². The first-order valence-electron chi connectivity index (χ1n) is 12.8. The van der Waals surface area contributed by atoms with Crippen LogP contribution >= 0.6 is 11.6 Å². The molecule has 42 heavy (non-hydrogen) atoms. The van der Waals surface area contributed by atoms with Crippen molar-refractivity contribution in [3.63, 3.8) is 0 Å². The molecule has 0 unspecified atom stereocenters. The number of pyridine rings is 1. The van der Waals surface area contributed by atoms with Crippen molar-refractivity contribution in [3.8, 4) is 28.5 Å². The molecule has 2 N–H and O–H groups in total. The molecule has 9 nitrogen and oxygen atoms in total. The van der Waals surface area contributed by atoms with E-state index >= 15 is 0 Å². The minimum absolute atomic E-state index is 0.0336. The summed E-state index contributed by atoms with van der Waals surface area (Å²) < 4.78 is 35.1. The molecule has 0 aliphatic heterocycles. The minimum Gasteiger partial charge on any atom is -0.444 e. The summed E-state index contributed by atoms with van der Waals surface area (Å²) in [6.45, 7) is 5.14. The molecule has 1 aromatic heterocycles. The first-order chi connectivity index (χ1) is 19.9. The van der Waals surface area contributed by atoms with E-state index in [4.69, 9.17) is 16.3 Å². The molecule has 214 valence electrons. The third kappa shape index (κ3) is 8.16. The lowest BCUT2D eigenvalue weighted by atomic mass is 9.97. The van der Waals surface area contributed by atoms with E-state index in [1.807, 2.05) is 30.3 Å². The van der Waals surface area contributed by atoms with Crippen LogP contribution in [0.5, 0.6) is 0 Å². The highest BCUT2D eigenvalue weighted by Gasteiger charge is 2.20. The Labute approximate surface area is 249 Å². The van der Waals surface area contributed by atoms with Crippen molar-refractivity contribution in [2.45, 2.75) is 37.8 Å². The topological polar surface area (TPSA) is 134 Å². The van der Waals surface area contributed by atoms with Gasteiger partial charge in [0, 0.05) is 28.9 Å². The van der Waals surface area contributed by atoms with E-state index in [2.05, 4.69) is 26.1 Å². The predicted octanol–water partition coefficient (Wildman–Crippen LogP) is 6.30. The molecule has 1 heterocycles. The summed E-state index contributed by atoms with van der Waals surface area (Å²) in [6, 6.07) is 26.0. The maximum atomic E-state index is 13.0. The maximum absolute atomic E-state index is 13.0. The summed E-state index contributed by atoms with van der Waals surface area (Å²) in [6.07, 6.45) is 0.768. The number of carbonyl (C=O) groups excluding carboxylic acids is 1. The molecule has 0 spiro atoms. The van der Waals surface area contributed by atoms with Gasteiger partial charge in [-0.05, 0) is 74.4 Å². The van der Waals surface area contributed by atoms with Crippen molar-refractivity contribution in [2.75, 3.05) is 0 Å². The summed E-state index contributed by atoms with van der Waals surface area (Å²) in [4.78, 5) is 17.2. The van der Waals surface area contributed by atoms with Gasteiger partial charge in [0.2, 0.25) is 5.96 Å². The predicted molar refractivity (Wildman–Crippen MR) is 162 cm³/mol. The highest BCUT2D eigenvalue weighted by molar-refractivity contribution is 7.90. The van der Waals surface area contributed by atoms with E-state index in [-0.39, 0.29) is 17.4 Å². The Kier molecular flexibility index (Phi) is 9.25. The molecule has 11 heteroatoms. The van der Waals surface area contributed by atoms with Gasteiger partial charge in [-0.15, -0.1) is 4.40 Å². The summed E-state index contributed by atoms with van der Waals surface area (Å²) >= 11 is 6.12. The van der Waals surface area contributed by atoms with Gasteiger partial charge in [-0.1, -0.05) is 54.1 Å². The van der Waals surface area contributed by atoms with E-state index in [0.29, 0.717) is 21.8 Å². The standard InChI is InChI=1S/C31H28ClN5O4S/c1-31(2,3)41-30(38)36-29(37-42(39,40)26-7-5-4-6-8-26)35-20-22-17-27(23-13-15-25(32)16-14-23)28(34-19-22)24-11-9-21(18-33)10-12-24/h4-17,19H,20H2,1-3H3,(H2,35,36,37,38). The molecule has 4 aromatic rings. The van der Waals surface area contributed by atoms with Gasteiger partial charge >= 0.3 is 6.09 Å². The van der Waals surface area contributed by atoms with E-state index in [0.717, 1.165) is 16.7 Å². The van der Waals surface area contributed by atoms with E-state index in [1.165, 1.54) is 12.1 Å². The molecule has 4 rings (SSSR count). The molecule has 0 aliphatic carbocycles. The van der Waals surface area contributed by atoms with E-state index < -0.39 is 21.7 Å². The lowest BCUT2D eigenvalue weighted by Gasteiger charge is -2.20. The second-order valence-electron chi connectivity index (χ2n) is 10.1. The number of ether oxygens (including phenoxy) is 1. The number of carbonyl (C=O) groups is 1. The normalized spacial score (nSPS) is 11.8. The van der Waals surface area contributed by atoms with Crippen LogP contribution in [0.2, 0.25) is 5.02 Å². The Balaban J connectivity index is 1.68. The van der Waals surface area contributed by atoms with Crippen molar-refractivity contribution in [3.05, 3.63) is 107 Å². The first kappa shape index (κ1) is 30.2. The molecule has 3 aromatic carbocycles. The summed E-state index contributed by atoms with van der Waals surface area (Å²) in [5.74, 6) is -0.308. The Morgan fingerprint density at radius 2 is 1.64 bits per heavy atom. The molecular weight excluding hydrogens is 574 g/mol.